The minimum absolute atomic E-state index is 0.00475. The van der Waals surface area contributed by atoms with E-state index in [-0.39, 0.29) is 17.9 Å². The van der Waals surface area contributed by atoms with Gasteiger partial charge in [-0.25, -0.2) is 4.79 Å². The van der Waals surface area contributed by atoms with Crippen LogP contribution in [-0.2, 0) is 9.53 Å². The van der Waals surface area contributed by atoms with Gasteiger partial charge in [0.1, 0.15) is 17.9 Å². The van der Waals surface area contributed by atoms with Crippen molar-refractivity contribution in [2.75, 3.05) is 19.5 Å². The predicted octanol–water partition coefficient (Wildman–Crippen LogP) is 1.54. The number of carbonyl (C=O) groups is 2. The number of nitrogen functional groups attached to an aromatic ring is 1. The number of rotatable bonds is 5. The molecule has 0 saturated heterocycles. The van der Waals surface area contributed by atoms with Crippen molar-refractivity contribution in [2.24, 2.45) is 5.41 Å². The van der Waals surface area contributed by atoms with Gasteiger partial charge in [-0.15, -0.1) is 0 Å². The Labute approximate surface area is 111 Å². The summed E-state index contributed by atoms with van der Waals surface area (Å²) >= 11 is 0. The molecule has 3 N–H and O–H groups in total. The molecule has 0 amide bonds. The highest BCUT2D eigenvalue weighted by atomic mass is 16.5. The lowest BCUT2D eigenvalue weighted by Gasteiger charge is -2.22. The first-order valence-electron chi connectivity index (χ1n) is 5.62. The Morgan fingerprint density at radius 1 is 1.37 bits per heavy atom. The zero-order valence-corrected chi connectivity index (χ0v) is 11.1. The van der Waals surface area contributed by atoms with Gasteiger partial charge in [0.05, 0.1) is 12.5 Å². The maximum absolute atomic E-state index is 11.5. The molecule has 0 fully saturated rings. The molecule has 104 valence electrons. The number of methoxy groups -OCH3 is 1. The number of nitrogens with two attached hydrogens (primary N) is 1. The molecule has 1 aromatic rings. The summed E-state index contributed by atoms with van der Waals surface area (Å²) in [6, 6.07) is 4.25. The van der Waals surface area contributed by atoms with E-state index in [0.717, 1.165) is 0 Å². The van der Waals surface area contributed by atoms with Gasteiger partial charge in [0.15, 0.2) is 0 Å². The summed E-state index contributed by atoms with van der Waals surface area (Å²) < 4.78 is 10.1. The third-order valence-corrected chi connectivity index (χ3v) is 2.56. The molecule has 0 heterocycles. The van der Waals surface area contributed by atoms with Crippen LogP contribution in [0.1, 0.15) is 24.2 Å². The smallest absolute Gasteiger partial charge is 0.339 e. The van der Waals surface area contributed by atoms with E-state index in [1.807, 2.05) is 0 Å². The van der Waals surface area contributed by atoms with Crippen molar-refractivity contribution >= 4 is 17.6 Å². The highest BCUT2D eigenvalue weighted by molar-refractivity contribution is 5.91. The second-order valence-electron chi connectivity index (χ2n) is 4.72. The Morgan fingerprint density at radius 3 is 2.53 bits per heavy atom. The van der Waals surface area contributed by atoms with Gasteiger partial charge in [0.2, 0.25) is 0 Å². The maximum Gasteiger partial charge on any atom is 0.339 e. The van der Waals surface area contributed by atoms with Crippen LogP contribution in [0.15, 0.2) is 18.2 Å². The van der Waals surface area contributed by atoms with Crippen LogP contribution in [-0.4, -0.2) is 30.8 Å². The molecule has 0 aromatic heterocycles. The van der Waals surface area contributed by atoms with Crippen molar-refractivity contribution in [3.63, 3.8) is 0 Å². The fourth-order valence-electron chi connectivity index (χ4n) is 1.43. The predicted molar refractivity (Wildman–Crippen MR) is 69.1 cm³/mol. The van der Waals surface area contributed by atoms with Crippen molar-refractivity contribution in [3.8, 4) is 5.75 Å². The van der Waals surface area contributed by atoms with Crippen molar-refractivity contribution in [1.82, 2.24) is 0 Å². The number of esters is 1. The number of benzene rings is 1. The van der Waals surface area contributed by atoms with E-state index in [9.17, 15) is 9.59 Å². The lowest BCUT2D eigenvalue weighted by molar-refractivity contribution is -0.152. The number of ether oxygens (including phenoxy) is 2. The van der Waals surface area contributed by atoms with Crippen LogP contribution in [0, 0.1) is 5.41 Å². The first-order valence-corrected chi connectivity index (χ1v) is 5.62. The Balaban J connectivity index is 2.91. The summed E-state index contributed by atoms with van der Waals surface area (Å²) in [5.74, 6) is -1.43. The van der Waals surface area contributed by atoms with Crippen LogP contribution in [0.25, 0.3) is 0 Å². The van der Waals surface area contributed by atoms with Crippen LogP contribution in [0.4, 0.5) is 5.69 Å². The lowest BCUT2D eigenvalue weighted by atomic mass is 9.95. The summed E-state index contributed by atoms with van der Waals surface area (Å²) in [6.45, 7) is 3.28. The average molecular weight is 267 g/mol. The second-order valence-corrected chi connectivity index (χ2v) is 4.72. The number of aromatic carboxylic acids is 1. The summed E-state index contributed by atoms with van der Waals surface area (Å²) in [5.41, 5.74) is 5.09. The van der Waals surface area contributed by atoms with E-state index in [2.05, 4.69) is 4.74 Å². The van der Waals surface area contributed by atoms with Gasteiger partial charge in [-0.05, 0) is 26.0 Å². The molecule has 0 aliphatic heterocycles. The molecule has 0 bridgehead atoms. The number of carboxylic acid groups (broad SMARTS) is 1. The minimum atomic E-state index is -1.12. The molecule has 6 heteroatoms. The third kappa shape index (κ3) is 3.61. The Bertz CT molecular complexity index is 496. The fraction of sp³-hybridized carbons (Fsp3) is 0.385. The molecule has 19 heavy (non-hydrogen) atoms. The van der Waals surface area contributed by atoms with E-state index in [1.54, 1.807) is 13.8 Å². The first kappa shape index (κ1) is 14.8. The van der Waals surface area contributed by atoms with Crippen LogP contribution >= 0.6 is 0 Å². The third-order valence-electron chi connectivity index (χ3n) is 2.56. The zero-order chi connectivity index (χ0) is 14.6. The van der Waals surface area contributed by atoms with Crippen molar-refractivity contribution < 1.29 is 24.2 Å². The largest absolute Gasteiger partial charge is 0.491 e. The molecule has 0 radical (unpaired) electrons. The second kappa shape index (κ2) is 5.60. The van der Waals surface area contributed by atoms with E-state index < -0.39 is 17.4 Å². The van der Waals surface area contributed by atoms with E-state index in [0.29, 0.717) is 5.69 Å². The molecule has 0 atom stereocenters. The van der Waals surface area contributed by atoms with Crippen molar-refractivity contribution in [2.45, 2.75) is 13.8 Å². The van der Waals surface area contributed by atoms with E-state index >= 15 is 0 Å². The molecule has 1 rings (SSSR count). The lowest BCUT2D eigenvalue weighted by Crippen LogP contribution is -2.32. The van der Waals surface area contributed by atoms with Crippen molar-refractivity contribution in [3.05, 3.63) is 23.8 Å². The van der Waals surface area contributed by atoms with Gasteiger partial charge in [0, 0.05) is 11.8 Å². The topological polar surface area (TPSA) is 98.9 Å². The number of anilines is 1. The summed E-state index contributed by atoms with van der Waals surface area (Å²) in [7, 11) is 1.28. The summed E-state index contributed by atoms with van der Waals surface area (Å²) in [4.78, 5) is 22.5. The first-order chi connectivity index (χ1) is 8.77. The molecule has 0 aliphatic carbocycles. The molecule has 0 aliphatic rings. The number of carbonyl (C=O) groups excluding carboxylic acids is 1. The highest BCUT2D eigenvalue weighted by Gasteiger charge is 2.30. The van der Waals surface area contributed by atoms with Gasteiger partial charge in [0.25, 0.3) is 0 Å². The average Bonchev–Trinajstić information content (AvgIpc) is 2.35. The molecule has 0 unspecified atom stereocenters. The highest BCUT2D eigenvalue weighted by Crippen LogP contribution is 2.25. The monoisotopic (exact) mass is 267 g/mol. The van der Waals surface area contributed by atoms with Gasteiger partial charge < -0.3 is 20.3 Å². The van der Waals surface area contributed by atoms with Crippen LogP contribution in [0.5, 0.6) is 5.75 Å². The molecular weight excluding hydrogens is 250 g/mol. The summed E-state index contributed by atoms with van der Waals surface area (Å²) in [6.07, 6.45) is 0. The van der Waals surface area contributed by atoms with E-state index in [4.69, 9.17) is 15.6 Å². The maximum atomic E-state index is 11.5. The number of carboxylic acids is 1. The van der Waals surface area contributed by atoms with Crippen molar-refractivity contribution in [1.29, 1.82) is 0 Å². The quantitative estimate of drug-likeness (QED) is 0.620. The molecule has 6 nitrogen and oxygen atoms in total. The zero-order valence-electron chi connectivity index (χ0n) is 11.1. The van der Waals surface area contributed by atoms with Gasteiger partial charge >= 0.3 is 11.9 Å². The van der Waals surface area contributed by atoms with Crippen LogP contribution in [0.2, 0.25) is 0 Å². The number of hydrogen-bond acceptors (Lipinski definition) is 5. The molecule has 0 spiro atoms. The Morgan fingerprint density at radius 2 is 2.00 bits per heavy atom. The van der Waals surface area contributed by atoms with Gasteiger partial charge in [-0.1, -0.05) is 0 Å². The molecule has 1 aromatic carbocycles. The van der Waals surface area contributed by atoms with Gasteiger partial charge in [-0.2, -0.15) is 0 Å². The SMILES string of the molecule is COC(=O)C(C)(C)COc1cc(N)ccc1C(=O)O. The normalized spacial score (nSPS) is 10.9. The minimum Gasteiger partial charge on any atom is -0.491 e. The summed E-state index contributed by atoms with van der Waals surface area (Å²) in [5, 5.41) is 9.03. The van der Waals surface area contributed by atoms with Gasteiger partial charge in [-0.3, -0.25) is 4.79 Å². The Hall–Kier alpha value is -2.24. The van der Waals surface area contributed by atoms with Crippen LogP contribution in [0.3, 0.4) is 0 Å². The Kier molecular flexibility index (Phi) is 4.37. The van der Waals surface area contributed by atoms with Crippen LogP contribution < -0.4 is 10.5 Å². The standard InChI is InChI=1S/C13H17NO5/c1-13(2,12(17)18-3)7-19-10-6-8(14)4-5-9(10)11(15)16/h4-6H,7,14H2,1-3H3,(H,15,16). The molecule has 0 saturated carbocycles. The molecular formula is C13H17NO5. The van der Waals surface area contributed by atoms with E-state index in [1.165, 1.54) is 25.3 Å². The number of hydrogen-bond donors (Lipinski definition) is 2. The fourth-order valence-corrected chi connectivity index (χ4v) is 1.43.